The number of piperidine rings is 2. The lowest BCUT2D eigenvalue weighted by Gasteiger charge is -2.40. The van der Waals surface area contributed by atoms with Crippen molar-refractivity contribution in [3.05, 3.63) is 34.2 Å². The van der Waals surface area contributed by atoms with Gasteiger partial charge in [0.15, 0.2) is 0 Å². The van der Waals surface area contributed by atoms with Crippen LogP contribution in [0.25, 0.3) is 10.8 Å². The summed E-state index contributed by atoms with van der Waals surface area (Å²) >= 11 is 0. The predicted octanol–water partition coefficient (Wildman–Crippen LogP) is 0.518. The van der Waals surface area contributed by atoms with Crippen LogP contribution < -0.4 is 15.8 Å². The Hall–Kier alpha value is -3.35. The third-order valence-corrected chi connectivity index (χ3v) is 9.09. The standard InChI is InChI=1S/C30H41N7O5/c1-21-25-17-22(5-6-24(25)30(41)37(32-21)26-7-8-27(38)31-29(26)40)35-13-11-34(12-14-35)18-23-19-36(15-16-42-23)28(39)20-33-9-3-2-4-10-33/h5-6,17,23,26H,2-4,7-16,18-20H2,1H3,(H,31,38,40)/t23-,26?/m1/s1. The molecule has 12 heteroatoms. The fraction of sp³-hybridized carbons (Fsp3) is 0.633. The molecule has 5 heterocycles. The van der Waals surface area contributed by atoms with E-state index in [9.17, 15) is 19.2 Å². The topological polar surface area (TPSA) is 120 Å². The number of anilines is 1. The number of benzene rings is 1. The lowest BCUT2D eigenvalue weighted by Crippen LogP contribution is -2.54. The van der Waals surface area contributed by atoms with Gasteiger partial charge >= 0.3 is 0 Å². The number of fused-ring (bicyclic) bond motifs is 1. The Labute approximate surface area is 245 Å². The summed E-state index contributed by atoms with van der Waals surface area (Å²) in [6, 6.07) is 5.02. The van der Waals surface area contributed by atoms with E-state index >= 15 is 0 Å². The molecular formula is C30H41N7O5. The molecule has 2 aromatic rings. The van der Waals surface area contributed by atoms with Gasteiger partial charge in [0, 0.05) is 63.3 Å². The minimum Gasteiger partial charge on any atom is -0.373 e. The highest BCUT2D eigenvalue weighted by molar-refractivity contribution is 5.99. The Bertz CT molecular complexity index is 1400. The minimum atomic E-state index is -0.779. The van der Waals surface area contributed by atoms with Crippen molar-refractivity contribution in [2.45, 2.75) is 51.2 Å². The molecule has 6 rings (SSSR count). The number of morpholine rings is 1. The maximum atomic E-state index is 13.3. The molecule has 1 unspecified atom stereocenters. The number of carbonyl (C=O) groups is 3. The largest absolute Gasteiger partial charge is 0.373 e. The van der Waals surface area contributed by atoms with E-state index in [1.165, 1.54) is 23.9 Å². The summed E-state index contributed by atoms with van der Waals surface area (Å²) in [5, 5.41) is 8.07. The van der Waals surface area contributed by atoms with E-state index in [2.05, 4.69) is 25.1 Å². The van der Waals surface area contributed by atoms with Gasteiger partial charge in [0.05, 0.1) is 30.3 Å². The summed E-state index contributed by atoms with van der Waals surface area (Å²) in [6.07, 6.45) is 4.12. The molecule has 12 nitrogen and oxygen atoms in total. The molecule has 0 saturated carbocycles. The van der Waals surface area contributed by atoms with Crippen molar-refractivity contribution in [3.8, 4) is 0 Å². The van der Waals surface area contributed by atoms with Crippen molar-refractivity contribution >= 4 is 34.2 Å². The van der Waals surface area contributed by atoms with Crippen LogP contribution in [0.15, 0.2) is 23.0 Å². The van der Waals surface area contributed by atoms with Gasteiger partial charge in [-0.15, -0.1) is 0 Å². The number of hydrogen-bond acceptors (Lipinski definition) is 9. The summed E-state index contributed by atoms with van der Waals surface area (Å²) in [5.41, 5.74) is 1.38. The van der Waals surface area contributed by atoms with Gasteiger partial charge in [-0.1, -0.05) is 6.42 Å². The van der Waals surface area contributed by atoms with Gasteiger partial charge in [0.25, 0.3) is 11.5 Å². The quantitative estimate of drug-likeness (QED) is 0.489. The van der Waals surface area contributed by atoms with Gasteiger partial charge in [-0.05, 0) is 57.5 Å². The Morgan fingerprint density at radius 3 is 2.52 bits per heavy atom. The molecule has 226 valence electrons. The van der Waals surface area contributed by atoms with Gasteiger partial charge in [0.2, 0.25) is 11.8 Å². The minimum absolute atomic E-state index is 0.0246. The second-order valence-electron chi connectivity index (χ2n) is 12.0. The Morgan fingerprint density at radius 1 is 0.976 bits per heavy atom. The number of aryl methyl sites for hydroxylation is 1. The average Bonchev–Trinajstić information content (AvgIpc) is 3.00. The molecule has 4 aliphatic rings. The van der Waals surface area contributed by atoms with Gasteiger partial charge in [-0.25, -0.2) is 4.68 Å². The monoisotopic (exact) mass is 579 g/mol. The molecule has 0 bridgehead atoms. The van der Waals surface area contributed by atoms with E-state index in [4.69, 9.17) is 4.74 Å². The molecule has 1 aromatic heterocycles. The van der Waals surface area contributed by atoms with Gasteiger partial charge < -0.3 is 14.5 Å². The number of amides is 3. The second kappa shape index (κ2) is 12.5. The predicted molar refractivity (Wildman–Crippen MR) is 157 cm³/mol. The van der Waals surface area contributed by atoms with Crippen molar-refractivity contribution in [1.29, 1.82) is 0 Å². The molecular weight excluding hydrogens is 538 g/mol. The van der Waals surface area contributed by atoms with E-state index in [-0.39, 0.29) is 36.3 Å². The van der Waals surface area contributed by atoms with Crippen LogP contribution in [-0.4, -0.2) is 120 Å². The maximum Gasteiger partial charge on any atom is 0.275 e. The highest BCUT2D eigenvalue weighted by Crippen LogP contribution is 2.25. The van der Waals surface area contributed by atoms with E-state index in [1.54, 1.807) is 0 Å². The average molecular weight is 580 g/mol. The van der Waals surface area contributed by atoms with Crippen LogP contribution in [0.3, 0.4) is 0 Å². The highest BCUT2D eigenvalue weighted by atomic mass is 16.5. The number of nitrogens with zero attached hydrogens (tertiary/aromatic N) is 6. The Kier molecular flexibility index (Phi) is 8.55. The smallest absolute Gasteiger partial charge is 0.275 e. The van der Waals surface area contributed by atoms with Gasteiger partial charge in [0.1, 0.15) is 6.04 Å². The third-order valence-electron chi connectivity index (χ3n) is 9.09. The number of rotatable bonds is 6. The molecule has 0 aliphatic carbocycles. The first-order valence-electron chi connectivity index (χ1n) is 15.3. The number of ether oxygens (including phenoxy) is 1. The molecule has 4 saturated heterocycles. The van der Waals surface area contributed by atoms with Crippen LogP contribution in [0.1, 0.15) is 43.8 Å². The van der Waals surface area contributed by atoms with E-state index in [0.717, 1.165) is 56.9 Å². The molecule has 0 spiro atoms. The van der Waals surface area contributed by atoms with Gasteiger partial charge in [-0.3, -0.25) is 34.3 Å². The van der Waals surface area contributed by atoms with Crippen molar-refractivity contribution in [2.24, 2.45) is 0 Å². The van der Waals surface area contributed by atoms with Crippen LogP contribution in [-0.2, 0) is 19.1 Å². The lowest BCUT2D eigenvalue weighted by atomic mass is 10.1. The third kappa shape index (κ3) is 6.20. The number of imide groups is 1. The normalized spacial score (nSPS) is 24.7. The summed E-state index contributed by atoms with van der Waals surface area (Å²) in [6.45, 7) is 10.6. The number of aromatic nitrogens is 2. The Balaban J connectivity index is 1.05. The SMILES string of the molecule is Cc1nn(C2CCC(=O)NC2=O)c(=O)c2ccc(N3CCN(C[C@@H]4CN(C(=O)CN5CCCCC5)CCO4)CC3)cc12. The summed E-state index contributed by atoms with van der Waals surface area (Å²) in [7, 11) is 0. The van der Waals surface area contributed by atoms with E-state index in [1.807, 2.05) is 30.0 Å². The lowest BCUT2D eigenvalue weighted by molar-refractivity contribution is -0.141. The van der Waals surface area contributed by atoms with Crippen molar-refractivity contribution in [1.82, 2.24) is 29.8 Å². The first kappa shape index (κ1) is 28.8. The zero-order chi connectivity index (χ0) is 29.2. The van der Waals surface area contributed by atoms with Crippen LogP contribution in [0.5, 0.6) is 0 Å². The first-order chi connectivity index (χ1) is 20.4. The molecule has 0 radical (unpaired) electrons. The highest BCUT2D eigenvalue weighted by Gasteiger charge is 2.31. The van der Waals surface area contributed by atoms with Crippen molar-refractivity contribution < 1.29 is 19.1 Å². The van der Waals surface area contributed by atoms with Gasteiger partial charge in [-0.2, -0.15) is 5.10 Å². The van der Waals surface area contributed by atoms with Crippen LogP contribution in [0.4, 0.5) is 5.69 Å². The number of piperazine rings is 1. The summed E-state index contributed by atoms with van der Waals surface area (Å²) < 4.78 is 7.29. The van der Waals surface area contributed by atoms with Crippen LogP contribution >= 0.6 is 0 Å². The molecule has 4 fully saturated rings. The number of nitrogens with one attached hydrogen (secondary N) is 1. The second-order valence-corrected chi connectivity index (χ2v) is 12.0. The van der Waals surface area contributed by atoms with E-state index in [0.29, 0.717) is 37.3 Å². The maximum absolute atomic E-state index is 13.3. The van der Waals surface area contributed by atoms with Crippen molar-refractivity contribution in [2.75, 3.05) is 77.0 Å². The molecule has 1 aromatic carbocycles. The zero-order valence-electron chi connectivity index (χ0n) is 24.4. The van der Waals surface area contributed by atoms with Crippen LogP contribution in [0, 0.1) is 6.92 Å². The molecule has 1 N–H and O–H groups in total. The molecule has 4 aliphatic heterocycles. The van der Waals surface area contributed by atoms with Crippen molar-refractivity contribution in [3.63, 3.8) is 0 Å². The number of hydrogen-bond donors (Lipinski definition) is 1. The molecule has 2 atom stereocenters. The molecule has 42 heavy (non-hydrogen) atoms. The number of carbonyl (C=O) groups excluding carboxylic acids is 3. The fourth-order valence-corrected chi connectivity index (χ4v) is 6.67. The summed E-state index contributed by atoms with van der Waals surface area (Å²) in [5.74, 6) is -0.581. The Morgan fingerprint density at radius 2 is 1.76 bits per heavy atom. The zero-order valence-corrected chi connectivity index (χ0v) is 24.4. The fourth-order valence-electron chi connectivity index (χ4n) is 6.67. The summed E-state index contributed by atoms with van der Waals surface area (Å²) in [4.78, 5) is 59.1. The number of likely N-dealkylation sites (tertiary alicyclic amines) is 1. The van der Waals surface area contributed by atoms with Crippen LogP contribution in [0.2, 0.25) is 0 Å². The first-order valence-corrected chi connectivity index (χ1v) is 15.3. The molecule has 3 amide bonds. The van der Waals surface area contributed by atoms with E-state index < -0.39 is 11.9 Å².